The van der Waals surface area contributed by atoms with Crippen LogP contribution in [-0.4, -0.2) is 16.1 Å². The summed E-state index contributed by atoms with van der Waals surface area (Å²) in [7, 11) is 0. The molecule has 7 heteroatoms. The monoisotopic (exact) mass is 333 g/mol. The third-order valence-electron chi connectivity index (χ3n) is 2.81. The molecule has 0 spiro atoms. The van der Waals surface area contributed by atoms with E-state index in [9.17, 15) is 4.79 Å². The van der Waals surface area contributed by atoms with Gasteiger partial charge in [0.15, 0.2) is 0 Å². The number of carbonyl (C=O) groups is 1. The Kier molecular flexibility index (Phi) is 4.09. The summed E-state index contributed by atoms with van der Waals surface area (Å²) >= 11 is 11.9. The van der Waals surface area contributed by atoms with Gasteiger partial charge >= 0.3 is 11.8 Å². The van der Waals surface area contributed by atoms with Crippen LogP contribution in [0.4, 0.5) is 5.69 Å². The Morgan fingerprint density at radius 3 is 2.64 bits per heavy atom. The van der Waals surface area contributed by atoms with E-state index in [1.807, 2.05) is 0 Å². The van der Waals surface area contributed by atoms with Crippen LogP contribution >= 0.6 is 23.2 Å². The molecule has 0 aliphatic carbocycles. The van der Waals surface area contributed by atoms with Crippen LogP contribution in [0.5, 0.6) is 0 Å². The van der Waals surface area contributed by atoms with Crippen molar-refractivity contribution < 1.29 is 9.21 Å². The first-order valence-electron chi connectivity index (χ1n) is 6.29. The number of aromatic nitrogens is 2. The van der Waals surface area contributed by atoms with Gasteiger partial charge in [0, 0.05) is 10.6 Å². The molecule has 5 nitrogen and oxygen atoms in total. The maximum absolute atomic E-state index is 12.1. The van der Waals surface area contributed by atoms with E-state index in [0.29, 0.717) is 21.3 Å². The highest BCUT2D eigenvalue weighted by Gasteiger charge is 2.17. The third-order valence-corrected chi connectivity index (χ3v) is 3.38. The van der Waals surface area contributed by atoms with Gasteiger partial charge in [-0.1, -0.05) is 41.4 Å². The number of amides is 1. The van der Waals surface area contributed by atoms with Gasteiger partial charge in [0.1, 0.15) is 0 Å². The normalized spacial score (nSPS) is 10.5. The van der Waals surface area contributed by atoms with E-state index < -0.39 is 5.91 Å². The van der Waals surface area contributed by atoms with Crippen molar-refractivity contribution in [2.24, 2.45) is 0 Å². The topological polar surface area (TPSA) is 68.0 Å². The molecule has 0 atom stereocenters. The van der Waals surface area contributed by atoms with Crippen molar-refractivity contribution in [1.82, 2.24) is 10.2 Å². The number of carbonyl (C=O) groups excluding carboxylic acids is 1. The van der Waals surface area contributed by atoms with Gasteiger partial charge in [-0.05, 0) is 30.3 Å². The van der Waals surface area contributed by atoms with Crippen molar-refractivity contribution in [3.8, 4) is 11.5 Å². The zero-order valence-electron chi connectivity index (χ0n) is 11.1. The molecule has 1 heterocycles. The van der Waals surface area contributed by atoms with Gasteiger partial charge in [0.25, 0.3) is 0 Å². The Morgan fingerprint density at radius 1 is 1.05 bits per heavy atom. The van der Waals surface area contributed by atoms with Crippen molar-refractivity contribution in [3.05, 3.63) is 64.5 Å². The predicted molar refractivity (Wildman–Crippen MR) is 84.1 cm³/mol. The van der Waals surface area contributed by atoms with Crippen LogP contribution in [0.1, 0.15) is 10.7 Å². The lowest BCUT2D eigenvalue weighted by atomic mass is 10.2. The molecule has 0 aliphatic heterocycles. The molecule has 1 aromatic heterocycles. The molecule has 1 amide bonds. The summed E-state index contributed by atoms with van der Waals surface area (Å²) in [5, 5.41) is 11.1. The van der Waals surface area contributed by atoms with Crippen LogP contribution in [0, 0.1) is 0 Å². The molecular formula is C15H9Cl2N3O2. The molecule has 0 aliphatic rings. The van der Waals surface area contributed by atoms with E-state index in [0.717, 1.165) is 0 Å². The van der Waals surface area contributed by atoms with E-state index in [1.165, 1.54) is 0 Å². The lowest BCUT2D eigenvalue weighted by Crippen LogP contribution is -2.12. The van der Waals surface area contributed by atoms with Crippen LogP contribution in [0.25, 0.3) is 11.5 Å². The first kappa shape index (κ1) is 14.6. The van der Waals surface area contributed by atoms with Crippen molar-refractivity contribution in [3.63, 3.8) is 0 Å². The number of hydrogen-bond acceptors (Lipinski definition) is 4. The van der Waals surface area contributed by atoms with Crippen molar-refractivity contribution in [2.45, 2.75) is 0 Å². The van der Waals surface area contributed by atoms with E-state index in [-0.39, 0.29) is 11.8 Å². The molecule has 0 bridgehead atoms. The molecular weight excluding hydrogens is 325 g/mol. The van der Waals surface area contributed by atoms with Crippen LogP contribution in [0.3, 0.4) is 0 Å². The van der Waals surface area contributed by atoms with Gasteiger partial charge in [-0.2, -0.15) is 0 Å². The molecule has 0 unspecified atom stereocenters. The minimum absolute atomic E-state index is 0.158. The maximum Gasteiger partial charge on any atom is 0.313 e. The van der Waals surface area contributed by atoms with Crippen molar-refractivity contribution >= 4 is 34.8 Å². The summed E-state index contributed by atoms with van der Waals surface area (Å²) in [6, 6.07) is 13.8. The fraction of sp³-hybridized carbons (Fsp3) is 0. The molecule has 22 heavy (non-hydrogen) atoms. The lowest BCUT2D eigenvalue weighted by Gasteiger charge is -2.03. The molecule has 2 aromatic carbocycles. The molecule has 3 aromatic rings. The van der Waals surface area contributed by atoms with Gasteiger partial charge in [-0.3, -0.25) is 4.79 Å². The summed E-state index contributed by atoms with van der Waals surface area (Å²) in [6.07, 6.45) is 0. The highest BCUT2D eigenvalue weighted by Crippen LogP contribution is 2.23. The zero-order chi connectivity index (χ0) is 15.5. The Balaban J connectivity index is 1.82. The van der Waals surface area contributed by atoms with E-state index in [1.54, 1.807) is 48.5 Å². The molecule has 0 saturated heterocycles. The molecule has 0 radical (unpaired) electrons. The van der Waals surface area contributed by atoms with Gasteiger partial charge < -0.3 is 9.73 Å². The van der Waals surface area contributed by atoms with E-state index in [4.69, 9.17) is 27.6 Å². The lowest BCUT2D eigenvalue weighted by molar-refractivity contribution is 0.0991. The highest BCUT2D eigenvalue weighted by molar-refractivity contribution is 6.33. The third kappa shape index (κ3) is 3.10. The second-order valence-corrected chi connectivity index (χ2v) is 5.20. The Bertz CT molecular complexity index is 833. The highest BCUT2D eigenvalue weighted by atomic mass is 35.5. The second-order valence-electron chi connectivity index (χ2n) is 4.36. The number of benzene rings is 2. The second kappa shape index (κ2) is 6.17. The summed E-state index contributed by atoms with van der Waals surface area (Å²) in [6.45, 7) is 0. The smallest absolute Gasteiger partial charge is 0.313 e. The number of rotatable bonds is 3. The Morgan fingerprint density at radius 2 is 1.86 bits per heavy atom. The number of anilines is 1. The Labute approximate surface area is 135 Å². The quantitative estimate of drug-likeness (QED) is 0.776. The fourth-order valence-electron chi connectivity index (χ4n) is 1.79. The van der Waals surface area contributed by atoms with Gasteiger partial charge in [-0.15, -0.1) is 10.2 Å². The molecule has 0 saturated carbocycles. The predicted octanol–water partition coefficient (Wildman–Crippen LogP) is 4.30. The van der Waals surface area contributed by atoms with Crippen molar-refractivity contribution in [2.75, 3.05) is 5.32 Å². The number of nitrogens with zero attached hydrogens (tertiary/aromatic N) is 2. The first-order chi connectivity index (χ1) is 10.6. The van der Waals surface area contributed by atoms with E-state index in [2.05, 4.69) is 15.5 Å². The summed E-state index contributed by atoms with van der Waals surface area (Å²) < 4.78 is 5.36. The van der Waals surface area contributed by atoms with Gasteiger partial charge in [-0.25, -0.2) is 0 Å². The summed E-state index contributed by atoms with van der Waals surface area (Å²) in [5.41, 5.74) is 1.11. The first-order valence-corrected chi connectivity index (χ1v) is 7.04. The number of halogens is 2. The summed E-state index contributed by atoms with van der Waals surface area (Å²) in [5.74, 6) is -0.476. The number of nitrogens with one attached hydrogen (secondary N) is 1. The van der Waals surface area contributed by atoms with Crippen LogP contribution in [-0.2, 0) is 0 Å². The average molecular weight is 334 g/mol. The molecule has 110 valence electrons. The Hall–Kier alpha value is -2.37. The van der Waals surface area contributed by atoms with Crippen LogP contribution in [0.2, 0.25) is 10.0 Å². The van der Waals surface area contributed by atoms with Gasteiger partial charge in [0.2, 0.25) is 5.89 Å². The van der Waals surface area contributed by atoms with Crippen LogP contribution < -0.4 is 5.32 Å². The fourth-order valence-corrected chi connectivity index (χ4v) is 2.16. The van der Waals surface area contributed by atoms with Gasteiger partial charge in [0.05, 0.1) is 10.7 Å². The molecule has 1 N–H and O–H groups in total. The molecule has 3 rings (SSSR count). The van der Waals surface area contributed by atoms with Crippen molar-refractivity contribution in [1.29, 1.82) is 0 Å². The number of hydrogen-bond donors (Lipinski definition) is 1. The standard InChI is InChI=1S/C15H9Cl2N3O2/c16-10-5-3-4-9(8-10)14-19-20-15(22-14)13(21)18-12-7-2-1-6-11(12)17/h1-8H,(H,18,21). The van der Waals surface area contributed by atoms with Crippen LogP contribution in [0.15, 0.2) is 52.9 Å². The minimum atomic E-state index is -0.533. The van der Waals surface area contributed by atoms with E-state index >= 15 is 0 Å². The maximum atomic E-state index is 12.1. The number of para-hydroxylation sites is 1. The molecule has 0 fully saturated rings. The SMILES string of the molecule is O=C(Nc1ccccc1Cl)c1nnc(-c2cccc(Cl)c2)o1. The zero-order valence-corrected chi connectivity index (χ0v) is 12.6. The average Bonchev–Trinajstić information content (AvgIpc) is 2.99. The largest absolute Gasteiger partial charge is 0.412 e. The minimum Gasteiger partial charge on any atom is -0.412 e. The summed E-state index contributed by atoms with van der Waals surface area (Å²) in [4.78, 5) is 12.1.